The summed E-state index contributed by atoms with van der Waals surface area (Å²) < 4.78 is 1.58. The summed E-state index contributed by atoms with van der Waals surface area (Å²) in [5.74, 6) is -0.166. The van der Waals surface area contributed by atoms with Crippen LogP contribution in [0.5, 0.6) is 0 Å². The number of allylic oxidation sites excluding steroid dienone is 2. The summed E-state index contributed by atoms with van der Waals surface area (Å²) in [5, 5.41) is 7.77. The van der Waals surface area contributed by atoms with Crippen molar-refractivity contribution >= 4 is 29.2 Å². The van der Waals surface area contributed by atoms with E-state index < -0.39 is 0 Å². The van der Waals surface area contributed by atoms with Crippen LogP contribution in [0.1, 0.15) is 41.9 Å². The van der Waals surface area contributed by atoms with Crippen molar-refractivity contribution in [1.82, 2.24) is 9.78 Å². The minimum Gasteiger partial charge on any atom is -0.326 e. The van der Waals surface area contributed by atoms with E-state index in [2.05, 4.69) is 17.4 Å². The number of anilines is 1. The maximum Gasteiger partial charge on any atom is 0.373 e. The predicted molar refractivity (Wildman–Crippen MR) is 145 cm³/mol. The van der Waals surface area contributed by atoms with Crippen LogP contribution in [0, 0.1) is 6.92 Å². The minimum atomic E-state index is -0.132. The van der Waals surface area contributed by atoms with E-state index in [0.29, 0.717) is 18.4 Å². The zero-order valence-corrected chi connectivity index (χ0v) is 21.4. The second-order valence-corrected chi connectivity index (χ2v) is 8.97. The fourth-order valence-electron chi connectivity index (χ4n) is 4.69. The van der Waals surface area contributed by atoms with Gasteiger partial charge in [-0.25, -0.2) is 0 Å². The summed E-state index contributed by atoms with van der Waals surface area (Å²) in [7, 11) is 0. The van der Waals surface area contributed by atoms with Gasteiger partial charge in [-0.2, -0.15) is 19.4 Å². The van der Waals surface area contributed by atoms with Gasteiger partial charge in [-0.15, -0.1) is 0 Å². The lowest BCUT2D eigenvalue weighted by molar-refractivity contribution is -0.191. The highest BCUT2D eigenvalue weighted by Crippen LogP contribution is 2.40. The highest BCUT2D eigenvalue weighted by Gasteiger charge is 2.31. The number of nitrogens with one attached hydrogen (secondary N) is 1. The average molecular weight is 506 g/mol. The first-order valence-electron chi connectivity index (χ1n) is 12.3. The van der Waals surface area contributed by atoms with Crippen LogP contribution in [0.4, 0.5) is 5.69 Å². The van der Waals surface area contributed by atoms with Crippen molar-refractivity contribution in [2.45, 2.75) is 33.6 Å². The lowest BCUT2D eigenvalue weighted by atomic mass is 9.90. The van der Waals surface area contributed by atoms with E-state index in [1.54, 1.807) is 4.68 Å². The van der Waals surface area contributed by atoms with Crippen molar-refractivity contribution in [2.24, 2.45) is 0 Å². The zero-order valence-electron chi connectivity index (χ0n) is 21.4. The quantitative estimate of drug-likeness (QED) is 0.361. The Morgan fingerprint density at radius 1 is 0.921 bits per heavy atom. The Morgan fingerprint density at radius 2 is 1.53 bits per heavy atom. The summed E-state index contributed by atoms with van der Waals surface area (Å²) in [6.45, 7) is 5.78. The maximum atomic E-state index is 13.8. The van der Waals surface area contributed by atoms with Crippen LogP contribution in [0.3, 0.4) is 0 Å². The first-order valence-corrected chi connectivity index (χ1v) is 12.3. The topological polar surface area (TPSA) is 98.1 Å². The largest absolute Gasteiger partial charge is 0.373 e. The second kappa shape index (κ2) is 11.5. The number of rotatable bonds is 5. The molecule has 38 heavy (non-hydrogen) atoms. The van der Waals surface area contributed by atoms with E-state index in [4.69, 9.17) is 14.7 Å². The summed E-state index contributed by atoms with van der Waals surface area (Å²) in [6, 6.07) is 25.9. The highest BCUT2D eigenvalue weighted by molar-refractivity contribution is 6.23. The van der Waals surface area contributed by atoms with Gasteiger partial charge in [0, 0.05) is 35.2 Å². The smallest absolute Gasteiger partial charge is 0.326 e. The Labute approximate surface area is 220 Å². The molecule has 1 aromatic heterocycles. The monoisotopic (exact) mass is 505 g/mol. The average Bonchev–Trinajstić information content (AvgIpc) is 3.31. The summed E-state index contributed by atoms with van der Waals surface area (Å²) >= 11 is 0. The molecule has 1 aliphatic rings. The van der Waals surface area contributed by atoms with Crippen molar-refractivity contribution in [1.29, 1.82) is 0 Å². The Bertz CT molecular complexity index is 1560. The van der Waals surface area contributed by atoms with Crippen molar-refractivity contribution in [3.63, 3.8) is 0 Å². The van der Waals surface area contributed by atoms with Crippen LogP contribution in [-0.4, -0.2) is 27.7 Å². The molecule has 2 heterocycles. The lowest BCUT2D eigenvalue weighted by Gasteiger charge is -2.20. The highest BCUT2D eigenvalue weighted by atomic mass is 16.2. The van der Waals surface area contributed by atoms with Gasteiger partial charge in [0.25, 0.3) is 5.91 Å². The van der Waals surface area contributed by atoms with Crippen molar-refractivity contribution in [3.05, 3.63) is 101 Å². The van der Waals surface area contributed by atoms with E-state index in [1.165, 1.54) is 0 Å². The standard InChI is InChI=1S/C30H27N3O2.CO2/c1-4-26(34)31-24-16-15-23(17-19(24)2)27-20(3)18-25-28(21-11-7-5-8-12-21)29(32-33(25)30(27)35)22-13-9-6-10-14-22;2-1-3/h5-17H,4,18H2,1-3H3,(H,31,34);. The third-order valence-electron chi connectivity index (χ3n) is 6.47. The Morgan fingerprint density at radius 3 is 2.11 bits per heavy atom. The van der Waals surface area contributed by atoms with Crippen molar-refractivity contribution in [2.75, 3.05) is 5.32 Å². The van der Waals surface area contributed by atoms with Gasteiger partial charge in [0.1, 0.15) is 5.69 Å². The molecule has 0 bridgehead atoms. The lowest BCUT2D eigenvalue weighted by Crippen LogP contribution is -2.23. The van der Waals surface area contributed by atoms with Crippen LogP contribution in [0.2, 0.25) is 0 Å². The molecule has 1 N–H and O–H groups in total. The van der Waals surface area contributed by atoms with E-state index in [9.17, 15) is 9.59 Å². The molecule has 7 nitrogen and oxygen atoms in total. The van der Waals surface area contributed by atoms with E-state index >= 15 is 0 Å². The summed E-state index contributed by atoms with van der Waals surface area (Å²) in [6.07, 6.45) is 1.29. The van der Waals surface area contributed by atoms with E-state index in [0.717, 1.165) is 50.5 Å². The summed E-state index contributed by atoms with van der Waals surface area (Å²) in [4.78, 5) is 41.9. The summed E-state index contributed by atoms with van der Waals surface area (Å²) in [5.41, 5.74) is 8.92. The number of hydrogen-bond donors (Lipinski definition) is 1. The number of benzene rings is 3. The molecular weight excluding hydrogens is 478 g/mol. The molecule has 7 heteroatoms. The molecule has 0 saturated carbocycles. The zero-order chi connectivity index (χ0) is 27.2. The maximum absolute atomic E-state index is 13.8. The van der Waals surface area contributed by atoms with Gasteiger partial charge in [0.05, 0.1) is 5.69 Å². The van der Waals surface area contributed by atoms with Gasteiger partial charge in [0.15, 0.2) is 0 Å². The third kappa shape index (κ3) is 5.14. The third-order valence-corrected chi connectivity index (χ3v) is 6.47. The minimum absolute atomic E-state index is 0.0342. The fourth-order valence-corrected chi connectivity index (χ4v) is 4.69. The van der Waals surface area contributed by atoms with Crippen LogP contribution >= 0.6 is 0 Å². The van der Waals surface area contributed by atoms with Crippen LogP contribution in [0.15, 0.2) is 84.4 Å². The molecule has 0 spiro atoms. The Balaban J connectivity index is 0.00000107. The van der Waals surface area contributed by atoms with Crippen LogP contribution in [0.25, 0.3) is 28.0 Å². The molecule has 0 saturated heterocycles. The SMILES string of the molecule is CCC(=O)Nc1ccc(C2=C(C)Cc3c(-c4ccccc4)c(-c4ccccc4)nn3C2=O)cc1C.O=C=O. The molecule has 1 aliphatic heterocycles. The molecule has 4 aromatic rings. The Kier molecular flexibility index (Phi) is 7.90. The number of aromatic nitrogens is 2. The normalized spacial score (nSPS) is 12.2. The molecule has 0 aliphatic carbocycles. The molecule has 0 atom stereocenters. The van der Waals surface area contributed by atoms with Crippen molar-refractivity contribution < 1.29 is 19.2 Å². The number of fused-ring (bicyclic) bond motifs is 1. The molecule has 190 valence electrons. The molecule has 3 aromatic carbocycles. The van der Waals surface area contributed by atoms with Gasteiger partial charge >= 0.3 is 6.15 Å². The number of hydrogen-bond acceptors (Lipinski definition) is 5. The van der Waals surface area contributed by atoms with Gasteiger partial charge in [0.2, 0.25) is 5.91 Å². The van der Waals surface area contributed by atoms with Gasteiger partial charge in [-0.1, -0.05) is 79.2 Å². The predicted octanol–water partition coefficient (Wildman–Crippen LogP) is 5.96. The molecule has 5 rings (SSSR count). The number of carbonyl (C=O) groups excluding carboxylic acids is 4. The molecule has 1 amide bonds. The van der Waals surface area contributed by atoms with Gasteiger partial charge in [-0.3, -0.25) is 9.59 Å². The van der Waals surface area contributed by atoms with E-state index in [1.807, 2.05) is 87.5 Å². The van der Waals surface area contributed by atoms with Gasteiger partial charge < -0.3 is 5.32 Å². The van der Waals surface area contributed by atoms with Crippen LogP contribution in [-0.2, 0) is 20.8 Å². The van der Waals surface area contributed by atoms with Crippen LogP contribution < -0.4 is 5.32 Å². The molecule has 0 radical (unpaired) electrons. The van der Waals surface area contributed by atoms with Gasteiger partial charge in [-0.05, 0) is 42.7 Å². The first kappa shape index (κ1) is 26.2. The van der Waals surface area contributed by atoms with E-state index in [-0.39, 0.29) is 18.0 Å². The molecular formula is C31H27N3O4. The van der Waals surface area contributed by atoms with Crippen molar-refractivity contribution in [3.8, 4) is 22.4 Å². The molecule has 0 fully saturated rings. The number of carbonyl (C=O) groups is 2. The molecule has 0 unspecified atom stereocenters. The fraction of sp³-hybridized carbons (Fsp3) is 0.161. The first-order chi connectivity index (χ1) is 18.4. The number of aryl methyl sites for hydroxylation is 1. The number of amides is 1. The second-order valence-electron chi connectivity index (χ2n) is 8.97. The Hall–Kier alpha value is -4.87. The number of nitrogens with zero attached hydrogens (tertiary/aromatic N) is 2.